The van der Waals surface area contributed by atoms with Crippen LogP contribution in [0.25, 0.3) is 5.69 Å². The molecule has 0 aliphatic heterocycles. The Balaban J connectivity index is 2.47. The van der Waals surface area contributed by atoms with Crippen LogP contribution in [0.15, 0.2) is 30.5 Å². The Morgan fingerprint density at radius 1 is 1.25 bits per heavy atom. The number of rotatable bonds is 4. The van der Waals surface area contributed by atoms with Gasteiger partial charge in [-0.2, -0.15) is 5.10 Å². The van der Waals surface area contributed by atoms with Crippen molar-refractivity contribution in [2.24, 2.45) is 5.73 Å². The molecule has 0 unspecified atom stereocenters. The quantitative estimate of drug-likeness (QED) is 0.799. The molecule has 2 rings (SSSR count). The van der Waals surface area contributed by atoms with Crippen LogP contribution >= 0.6 is 0 Å². The zero-order valence-electron chi connectivity index (χ0n) is 12.2. The van der Waals surface area contributed by atoms with Gasteiger partial charge in [0.15, 0.2) is 0 Å². The Morgan fingerprint density at radius 2 is 1.90 bits per heavy atom. The van der Waals surface area contributed by atoms with Gasteiger partial charge in [0.2, 0.25) is 0 Å². The number of nitrogens with one attached hydrogen (secondary N) is 1. The van der Waals surface area contributed by atoms with E-state index in [9.17, 15) is 5.11 Å². The predicted molar refractivity (Wildman–Crippen MR) is 81.5 cm³/mol. The average Bonchev–Trinajstić information content (AvgIpc) is 2.81. The number of hydrogen-bond acceptors (Lipinski definition) is 4. The Labute approximate surface area is 119 Å². The van der Waals surface area contributed by atoms with Gasteiger partial charge in [0.1, 0.15) is 5.75 Å². The molecule has 108 valence electrons. The number of nitrogens with two attached hydrogens (primary N) is 1. The largest absolute Gasteiger partial charge is 0.508 e. The first kappa shape index (κ1) is 14.4. The minimum atomic E-state index is -0.0642. The molecule has 1 aromatic carbocycles. The van der Waals surface area contributed by atoms with Crippen LogP contribution < -0.4 is 11.1 Å². The Hall–Kier alpha value is -2.01. The van der Waals surface area contributed by atoms with E-state index in [-0.39, 0.29) is 11.2 Å². The molecule has 0 fully saturated rings. The van der Waals surface area contributed by atoms with Gasteiger partial charge in [0.25, 0.3) is 0 Å². The second kappa shape index (κ2) is 5.54. The molecule has 20 heavy (non-hydrogen) atoms. The SMILES string of the molecule is CC(C)(C)c1c(NCCN)cnn1-c1ccc(O)cc1. The van der Waals surface area contributed by atoms with Crippen molar-refractivity contribution in [2.75, 3.05) is 18.4 Å². The van der Waals surface area contributed by atoms with Crippen LogP contribution in [0.1, 0.15) is 26.5 Å². The van der Waals surface area contributed by atoms with Gasteiger partial charge in [0, 0.05) is 18.5 Å². The van der Waals surface area contributed by atoms with Gasteiger partial charge in [0.05, 0.1) is 23.3 Å². The Bertz CT molecular complexity index is 567. The highest BCUT2D eigenvalue weighted by Crippen LogP contribution is 2.31. The van der Waals surface area contributed by atoms with Crippen LogP contribution in [0.5, 0.6) is 5.75 Å². The molecule has 0 amide bonds. The van der Waals surface area contributed by atoms with Gasteiger partial charge < -0.3 is 16.2 Å². The first-order valence-corrected chi connectivity index (χ1v) is 6.75. The minimum absolute atomic E-state index is 0.0642. The van der Waals surface area contributed by atoms with Crippen LogP contribution in [-0.2, 0) is 5.41 Å². The highest BCUT2D eigenvalue weighted by molar-refractivity contribution is 5.53. The summed E-state index contributed by atoms with van der Waals surface area (Å²) in [5, 5.41) is 17.2. The Kier molecular flexibility index (Phi) is 3.99. The van der Waals surface area contributed by atoms with Crippen molar-refractivity contribution in [3.05, 3.63) is 36.2 Å². The van der Waals surface area contributed by atoms with Crippen LogP contribution in [0.4, 0.5) is 5.69 Å². The average molecular weight is 274 g/mol. The number of phenolic OH excluding ortho intramolecular Hbond substituents is 1. The fourth-order valence-electron chi connectivity index (χ4n) is 2.20. The number of hydrogen-bond donors (Lipinski definition) is 3. The molecule has 0 atom stereocenters. The normalized spacial score (nSPS) is 11.6. The second-order valence-electron chi connectivity index (χ2n) is 5.80. The van der Waals surface area contributed by atoms with Gasteiger partial charge in [-0.25, -0.2) is 4.68 Å². The number of phenols is 1. The Morgan fingerprint density at radius 3 is 2.45 bits per heavy atom. The molecular weight excluding hydrogens is 252 g/mol. The summed E-state index contributed by atoms with van der Waals surface area (Å²) in [7, 11) is 0. The fraction of sp³-hybridized carbons (Fsp3) is 0.400. The topological polar surface area (TPSA) is 76.1 Å². The van der Waals surface area contributed by atoms with E-state index >= 15 is 0 Å². The van der Waals surface area contributed by atoms with Gasteiger partial charge in [-0.1, -0.05) is 20.8 Å². The van der Waals surface area contributed by atoms with E-state index in [1.165, 1.54) is 0 Å². The minimum Gasteiger partial charge on any atom is -0.508 e. The lowest BCUT2D eigenvalue weighted by molar-refractivity contribution is 0.475. The van der Waals surface area contributed by atoms with E-state index in [0.29, 0.717) is 13.1 Å². The first-order valence-electron chi connectivity index (χ1n) is 6.75. The van der Waals surface area contributed by atoms with Gasteiger partial charge in [-0.05, 0) is 24.3 Å². The molecule has 0 spiro atoms. The summed E-state index contributed by atoms with van der Waals surface area (Å²) in [6.07, 6.45) is 1.82. The molecule has 0 saturated heterocycles. The zero-order valence-corrected chi connectivity index (χ0v) is 12.2. The molecule has 1 aromatic heterocycles. The first-order chi connectivity index (χ1) is 9.43. The molecule has 0 radical (unpaired) electrons. The number of aromatic hydroxyl groups is 1. The monoisotopic (exact) mass is 274 g/mol. The maximum absolute atomic E-state index is 9.40. The maximum atomic E-state index is 9.40. The second-order valence-corrected chi connectivity index (χ2v) is 5.80. The van der Waals surface area contributed by atoms with E-state index < -0.39 is 0 Å². The van der Waals surface area contributed by atoms with Crippen LogP contribution in [-0.4, -0.2) is 28.0 Å². The number of aromatic nitrogens is 2. The van der Waals surface area contributed by atoms with E-state index in [0.717, 1.165) is 17.1 Å². The lowest BCUT2D eigenvalue weighted by Crippen LogP contribution is -2.21. The van der Waals surface area contributed by atoms with Crippen molar-refractivity contribution in [3.63, 3.8) is 0 Å². The molecule has 4 N–H and O–H groups in total. The molecular formula is C15H22N4O. The number of benzene rings is 1. The third-order valence-electron chi connectivity index (χ3n) is 3.03. The standard InChI is InChI=1S/C15H22N4O/c1-15(2,3)14-13(17-9-8-16)10-18-19(14)11-4-6-12(20)7-5-11/h4-7,10,17,20H,8-9,16H2,1-3H3. The van der Waals surface area contributed by atoms with Gasteiger partial charge in [-0.3, -0.25) is 0 Å². The molecule has 0 bridgehead atoms. The summed E-state index contributed by atoms with van der Waals surface area (Å²) in [4.78, 5) is 0. The number of nitrogens with zero attached hydrogens (tertiary/aromatic N) is 2. The third kappa shape index (κ3) is 2.93. The molecule has 5 nitrogen and oxygen atoms in total. The van der Waals surface area contributed by atoms with Crippen molar-refractivity contribution in [1.82, 2.24) is 9.78 Å². The van der Waals surface area contributed by atoms with Crippen molar-refractivity contribution in [1.29, 1.82) is 0 Å². The van der Waals surface area contributed by atoms with E-state index in [1.54, 1.807) is 12.1 Å². The van der Waals surface area contributed by atoms with Crippen molar-refractivity contribution in [2.45, 2.75) is 26.2 Å². The smallest absolute Gasteiger partial charge is 0.115 e. The van der Waals surface area contributed by atoms with E-state index in [1.807, 2.05) is 23.0 Å². The van der Waals surface area contributed by atoms with Crippen molar-refractivity contribution in [3.8, 4) is 11.4 Å². The summed E-state index contributed by atoms with van der Waals surface area (Å²) >= 11 is 0. The summed E-state index contributed by atoms with van der Waals surface area (Å²) in [5.41, 5.74) is 8.50. The molecule has 0 aliphatic rings. The van der Waals surface area contributed by atoms with Gasteiger partial charge >= 0.3 is 0 Å². The zero-order chi connectivity index (χ0) is 14.8. The third-order valence-corrected chi connectivity index (χ3v) is 3.03. The molecule has 0 saturated carbocycles. The lowest BCUT2D eigenvalue weighted by Gasteiger charge is -2.23. The molecule has 5 heteroatoms. The van der Waals surface area contributed by atoms with E-state index in [4.69, 9.17) is 5.73 Å². The summed E-state index contributed by atoms with van der Waals surface area (Å²) < 4.78 is 1.90. The number of anilines is 1. The molecule has 1 heterocycles. The van der Waals surface area contributed by atoms with Crippen LogP contribution in [0.3, 0.4) is 0 Å². The maximum Gasteiger partial charge on any atom is 0.115 e. The summed E-state index contributed by atoms with van der Waals surface area (Å²) in [6, 6.07) is 7.03. The predicted octanol–water partition coefficient (Wildman–Crippen LogP) is 2.25. The van der Waals surface area contributed by atoms with Crippen LogP contribution in [0.2, 0.25) is 0 Å². The highest BCUT2D eigenvalue weighted by Gasteiger charge is 2.24. The van der Waals surface area contributed by atoms with Crippen LogP contribution in [0, 0.1) is 0 Å². The molecule has 0 aliphatic carbocycles. The van der Waals surface area contributed by atoms with E-state index in [2.05, 4.69) is 31.2 Å². The fourth-order valence-corrected chi connectivity index (χ4v) is 2.20. The van der Waals surface area contributed by atoms with Crippen molar-refractivity contribution < 1.29 is 5.11 Å². The highest BCUT2D eigenvalue weighted by atomic mass is 16.3. The molecule has 2 aromatic rings. The van der Waals surface area contributed by atoms with Gasteiger partial charge in [-0.15, -0.1) is 0 Å². The van der Waals surface area contributed by atoms with Crippen molar-refractivity contribution >= 4 is 5.69 Å². The lowest BCUT2D eigenvalue weighted by atomic mass is 9.91. The summed E-state index contributed by atoms with van der Waals surface area (Å²) in [6.45, 7) is 7.73. The summed E-state index contributed by atoms with van der Waals surface area (Å²) in [5.74, 6) is 0.250.